The van der Waals surface area contributed by atoms with Crippen LogP contribution in [0.5, 0.6) is 5.75 Å². The van der Waals surface area contributed by atoms with E-state index in [-0.39, 0.29) is 28.9 Å². The predicted octanol–water partition coefficient (Wildman–Crippen LogP) is 2.66. The summed E-state index contributed by atoms with van der Waals surface area (Å²) in [5.74, 6) is 0.0663. The van der Waals surface area contributed by atoms with E-state index in [1.165, 1.54) is 18.2 Å². The fraction of sp³-hybridized carbons (Fsp3) is 0.562. The molecule has 136 valence electrons. The first kappa shape index (κ1) is 20.7. The molecule has 0 aliphatic rings. The molecule has 1 aromatic carbocycles. The summed E-state index contributed by atoms with van der Waals surface area (Å²) >= 11 is 6.07. The fourth-order valence-electron chi connectivity index (χ4n) is 2.05. The summed E-state index contributed by atoms with van der Waals surface area (Å²) in [6, 6.07) is 4.28. The van der Waals surface area contributed by atoms with Crippen molar-refractivity contribution >= 4 is 27.5 Å². The Bertz CT molecular complexity index is 684. The van der Waals surface area contributed by atoms with Gasteiger partial charge >= 0.3 is 0 Å². The third-order valence-corrected chi connectivity index (χ3v) is 5.24. The second-order valence-corrected chi connectivity index (χ2v) is 8.60. The topological polar surface area (TPSA) is 75.7 Å². The summed E-state index contributed by atoms with van der Waals surface area (Å²) in [7, 11) is -3.82. The molecule has 0 bridgehead atoms. The largest absolute Gasteiger partial charge is 0.492 e. The summed E-state index contributed by atoms with van der Waals surface area (Å²) in [6.07, 6.45) is 0. The van der Waals surface area contributed by atoms with Gasteiger partial charge in [0.05, 0.1) is 23.1 Å². The van der Waals surface area contributed by atoms with Gasteiger partial charge in [-0.15, -0.1) is 0 Å². The zero-order valence-electron chi connectivity index (χ0n) is 14.7. The third-order valence-electron chi connectivity index (χ3n) is 3.03. The van der Waals surface area contributed by atoms with E-state index in [1.807, 2.05) is 27.7 Å². The van der Waals surface area contributed by atoms with Gasteiger partial charge in [0.25, 0.3) is 0 Å². The van der Waals surface area contributed by atoms with Gasteiger partial charge in [0, 0.05) is 12.1 Å². The van der Waals surface area contributed by atoms with E-state index >= 15 is 0 Å². The number of hydrogen-bond acceptors (Lipinski definition) is 4. The average Bonchev–Trinajstić information content (AvgIpc) is 2.45. The van der Waals surface area contributed by atoms with Crippen molar-refractivity contribution in [2.45, 2.75) is 45.1 Å². The molecule has 0 fully saturated rings. The standard InChI is InChI=1S/C16H25ClN2O4S/c1-6-19(11-15(20)18-16(3,4)5)24(21,22)12-8-9-14(23-7-2)13(17)10-12/h8-10H,6-7,11H2,1-5H3,(H,18,20). The number of hydrogen-bond donors (Lipinski definition) is 1. The van der Waals surface area contributed by atoms with E-state index in [1.54, 1.807) is 6.92 Å². The third kappa shape index (κ3) is 5.65. The highest BCUT2D eigenvalue weighted by Crippen LogP contribution is 2.28. The van der Waals surface area contributed by atoms with Gasteiger partial charge in [-0.25, -0.2) is 8.42 Å². The molecular weight excluding hydrogens is 352 g/mol. The van der Waals surface area contributed by atoms with Gasteiger partial charge in [0.2, 0.25) is 15.9 Å². The van der Waals surface area contributed by atoms with Crippen LogP contribution in [0, 0.1) is 0 Å². The maximum Gasteiger partial charge on any atom is 0.243 e. The lowest BCUT2D eigenvalue weighted by Gasteiger charge is -2.24. The van der Waals surface area contributed by atoms with Crippen molar-refractivity contribution in [3.05, 3.63) is 23.2 Å². The molecule has 0 atom stereocenters. The normalized spacial score (nSPS) is 12.3. The molecule has 0 aliphatic carbocycles. The smallest absolute Gasteiger partial charge is 0.243 e. The van der Waals surface area contributed by atoms with Crippen LogP contribution in [-0.2, 0) is 14.8 Å². The number of nitrogens with zero attached hydrogens (tertiary/aromatic N) is 1. The molecule has 1 aromatic rings. The number of ether oxygens (including phenoxy) is 1. The van der Waals surface area contributed by atoms with Crippen molar-refractivity contribution in [3.8, 4) is 5.75 Å². The number of halogens is 1. The van der Waals surface area contributed by atoms with Crippen LogP contribution in [0.25, 0.3) is 0 Å². The molecule has 1 N–H and O–H groups in total. The quantitative estimate of drug-likeness (QED) is 0.793. The van der Waals surface area contributed by atoms with Crippen LogP contribution in [0.1, 0.15) is 34.6 Å². The summed E-state index contributed by atoms with van der Waals surface area (Å²) in [5, 5.41) is 2.97. The van der Waals surface area contributed by atoms with Crippen molar-refractivity contribution in [2.75, 3.05) is 19.7 Å². The number of carbonyl (C=O) groups excluding carboxylic acids is 1. The van der Waals surface area contributed by atoms with Crippen LogP contribution in [0.2, 0.25) is 5.02 Å². The molecule has 24 heavy (non-hydrogen) atoms. The molecule has 0 unspecified atom stereocenters. The molecule has 1 rings (SSSR count). The molecule has 8 heteroatoms. The molecule has 0 aromatic heterocycles. The van der Waals surface area contributed by atoms with Gasteiger partial charge in [0.1, 0.15) is 5.75 Å². The Kier molecular flexibility index (Phi) is 7.07. The van der Waals surface area contributed by atoms with Crippen LogP contribution < -0.4 is 10.1 Å². The number of carbonyl (C=O) groups is 1. The Labute approximate surface area is 149 Å². The molecule has 0 heterocycles. The van der Waals surface area contributed by atoms with Gasteiger partial charge < -0.3 is 10.1 Å². The van der Waals surface area contributed by atoms with E-state index in [4.69, 9.17) is 16.3 Å². The maximum atomic E-state index is 12.7. The Hall–Kier alpha value is -1.31. The van der Waals surface area contributed by atoms with Crippen LogP contribution in [0.15, 0.2) is 23.1 Å². The second kappa shape index (κ2) is 8.18. The van der Waals surface area contributed by atoms with Crippen molar-refractivity contribution < 1.29 is 17.9 Å². The van der Waals surface area contributed by atoms with Crippen molar-refractivity contribution in [3.63, 3.8) is 0 Å². The number of benzene rings is 1. The lowest BCUT2D eigenvalue weighted by Crippen LogP contribution is -2.47. The van der Waals surface area contributed by atoms with Crippen LogP contribution >= 0.6 is 11.6 Å². The first-order valence-corrected chi connectivity index (χ1v) is 9.56. The lowest BCUT2D eigenvalue weighted by atomic mass is 10.1. The highest BCUT2D eigenvalue weighted by Gasteiger charge is 2.27. The monoisotopic (exact) mass is 376 g/mol. The summed E-state index contributed by atoms with van der Waals surface area (Å²) < 4.78 is 31.9. The SMILES string of the molecule is CCOc1ccc(S(=O)(=O)N(CC)CC(=O)NC(C)(C)C)cc1Cl. The minimum Gasteiger partial charge on any atom is -0.492 e. The average molecular weight is 377 g/mol. The van der Waals surface area contributed by atoms with Gasteiger partial charge in [0.15, 0.2) is 0 Å². The second-order valence-electron chi connectivity index (χ2n) is 6.25. The zero-order valence-corrected chi connectivity index (χ0v) is 16.3. The fourth-order valence-corrected chi connectivity index (χ4v) is 3.78. The Morgan fingerprint density at radius 3 is 2.38 bits per heavy atom. The Balaban J connectivity index is 3.03. The molecule has 6 nitrogen and oxygen atoms in total. The summed E-state index contributed by atoms with van der Waals surface area (Å²) in [5.41, 5.74) is -0.428. The number of rotatable bonds is 7. The van der Waals surface area contributed by atoms with Gasteiger partial charge in [-0.05, 0) is 45.9 Å². The van der Waals surface area contributed by atoms with Crippen LogP contribution in [0.4, 0.5) is 0 Å². The lowest BCUT2D eigenvalue weighted by molar-refractivity contribution is -0.122. The van der Waals surface area contributed by atoms with Crippen LogP contribution in [0.3, 0.4) is 0 Å². The van der Waals surface area contributed by atoms with E-state index < -0.39 is 15.6 Å². The molecule has 0 spiro atoms. The zero-order chi connectivity index (χ0) is 18.5. The van der Waals surface area contributed by atoms with Gasteiger partial charge in [-0.2, -0.15) is 4.31 Å². The van der Waals surface area contributed by atoms with E-state index in [9.17, 15) is 13.2 Å². The molecule has 0 saturated carbocycles. The van der Waals surface area contributed by atoms with E-state index in [2.05, 4.69) is 5.32 Å². The summed E-state index contributed by atoms with van der Waals surface area (Å²) in [4.78, 5) is 12.1. The van der Waals surface area contributed by atoms with Crippen molar-refractivity contribution in [2.24, 2.45) is 0 Å². The first-order chi connectivity index (χ1) is 11.0. The molecular formula is C16H25ClN2O4S. The number of amides is 1. The minimum absolute atomic E-state index is 0.0290. The number of sulfonamides is 1. The molecule has 0 aliphatic heterocycles. The summed E-state index contributed by atoms with van der Waals surface area (Å²) in [6.45, 7) is 9.35. The minimum atomic E-state index is -3.82. The van der Waals surface area contributed by atoms with Crippen molar-refractivity contribution in [1.82, 2.24) is 9.62 Å². The highest BCUT2D eigenvalue weighted by atomic mass is 35.5. The number of nitrogens with one attached hydrogen (secondary N) is 1. The van der Waals surface area contributed by atoms with E-state index in [0.29, 0.717) is 12.4 Å². The van der Waals surface area contributed by atoms with E-state index in [0.717, 1.165) is 4.31 Å². The van der Waals surface area contributed by atoms with Gasteiger partial charge in [-0.3, -0.25) is 4.79 Å². The predicted molar refractivity (Wildman–Crippen MR) is 94.9 cm³/mol. The van der Waals surface area contributed by atoms with Crippen molar-refractivity contribution in [1.29, 1.82) is 0 Å². The molecule has 0 radical (unpaired) electrons. The maximum absolute atomic E-state index is 12.7. The highest BCUT2D eigenvalue weighted by molar-refractivity contribution is 7.89. The Morgan fingerprint density at radius 2 is 1.92 bits per heavy atom. The molecule has 1 amide bonds. The Morgan fingerprint density at radius 1 is 1.29 bits per heavy atom. The first-order valence-electron chi connectivity index (χ1n) is 7.74. The van der Waals surface area contributed by atoms with Gasteiger partial charge in [-0.1, -0.05) is 18.5 Å². The number of likely N-dealkylation sites (N-methyl/N-ethyl adjacent to an activating group) is 1. The van der Waals surface area contributed by atoms with Crippen LogP contribution in [-0.4, -0.2) is 43.9 Å². The molecule has 0 saturated heterocycles.